The number of hydrogen-bond donors (Lipinski definition) is 3. The summed E-state index contributed by atoms with van der Waals surface area (Å²) in [6, 6.07) is 2.34. The Balaban J connectivity index is 2.66. The number of thioether (sulfide) groups is 1. The van der Waals surface area contributed by atoms with E-state index in [4.69, 9.17) is 16.7 Å². The van der Waals surface area contributed by atoms with E-state index in [1.165, 1.54) is 30.0 Å². The van der Waals surface area contributed by atoms with Crippen molar-refractivity contribution in [2.45, 2.75) is 12.5 Å². The van der Waals surface area contributed by atoms with E-state index in [1.54, 1.807) is 0 Å². The number of halogens is 2. The lowest BCUT2D eigenvalue weighted by atomic mass is 10.2. The second-order valence-electron chi connectivity index (χ2n) is 3.87. The first-order valence-electron chi connectivity index (χ1n) is 5.69. The van der Waals surface area contributed by atoms with Crippen molar-refractivity contribution in [2.24, 2.45) is 0 Å². The third-order valence-electron chi connectivity index (χ3n) is 2.41. The average molecular weight is 321 g/mol. The van der Waals surface area contributed by atoms with Crippen LogP contribution in [0, 0.1) is 5.82 Å². The Hall–Kier alpha value is -1.47. The van der Waals surface area contributed by atoms with Crippen molar-refractivity contribution in [1.82, 2.24) is 5.32 Å². The molecule has 0 aliphatic heterocycles. The summed E-state index contributed by atoms with van der Waals surface area (Å²) in [5.74, 6) is -1.32. The molecule has 110 valence electrons. The molecule has 0 bridgehead atoms. The van der Waals surface area contributed by atoms with E-state index in [1.807, 2.05) is 6.26 Å². The fourth-order valence-corrected chi connectivity index (χ4v) is 2.06. The molecule has 0 spiro atoms. The number of urea groups is 1. The van der Waals surface area contributed by atoms with Crippen LogP contribution in [0.2, 0.25) is 5.02 Å². The maximum atomic E-state index is 13.6. The zero-order chi connectivity index (χ0) is 15.1. The second kappa shape index (κ2) is 7.96. The molecule has 20 heavy (non-hydrogen) atoms. The summed E-state index contributed by atoms with van der Waals surface area (Å²) >= 11 is 7.05. The van der Waals surface area contributed by atoms with Gasteiger partial charge in [0.05, 0.1) is 10.7 Å². The fourth-order valence-electron chi connectivity index (χ4n) is 1.41. The topological polar surface area (TPSA) is 78.4 Å². The van der Waals surface area contributed by atoms with Gasteiger partial charge in [-0.2, -0.15) is 11.8 Å². The van der Waals surface area contributed by atoms with E-state index >= 15 is 0 Å². The Kier molecular flexibility index (Phi) is 6.60. The minimum Gasteiger partial charge on any atom is -0.480 e. The molecule has 0 radical (unpaired) electrons. The van der Waals surface area contributed by atoms with Gasteiger partial charge in [0, 0.05) is 0 Å². The van der Waals surface area contributed by atoms with Gasteiger partial charge in [0.25, 0.3) is 0 Å². The number of carboxylic acids is 1. The fraction of sp³-hybridized carbons (Fsp3) is 0.333. The van der Waals surface area contributed by atoms with Crippen molar-refractivity contribution >= 4 is 41.1 Å². The van der Waals surface area contributed by atoms with Gasteiger partial charge in [0.15, 0.2) is 5.82 Å². The number of rotatable bonds is 6. The van der Waals surface area contributed by atoms with Crippen molar-refractivity contribution in [2.75, 3.05) is 17.3 Å². The Labute approximate surface area is 124 Å². The summed E-state index contributed by atoms with van der Waals surface area (Å²) in [7, 11) is 0. The largest absolute Gasteiger partial charge is 0.480 e. The molecule has 0 fully saturated rings. The molecule has 1 atom stereocenters. The lowest BCUT2D eigenvalue weighted by Crippen LogP contribution is -2.43. The van der Waals surface area contributed by atoms with E-state index in [0.717, 1.165) is 0 Å². The molecule has 0 aliphatic carbocycles. The smallest absolute Gasteiger partial charge is 0.326 e. The quantitative estimate of drug-likeness (QED) is 0.753. The molecule has 1 aromatic carbocycles. The minimum absolute atomic E-state index is 0.107. The summed E-state index contributed by atoms with van der Waals surface area (Å²) < 4.78 is 13.6. The van der Waals surface area contributed by atoms with E-state index in [0.29, 0.717) is 5.75 Å². The normalized spacial score (nSPS) is 11.8. The van der Waals surface area contributed by atoms with Crippen LogP contribution in [-0.2, 0) is 4.79 Å². The highest BCUT2D eigenvalue weighted by Crippen LogP contribution is 2.21. The Morgan fingerprint density at radius 2 is 2.20 bits per heavy atom. The number of aliphatic carboxylic acids is 1. The van der Waals surface area contributed by atoms with Gasteiger partial charge in [-0.05, 0) is 30.6 Å². The highest BCUT2D eigenvalue weighted by molar-refractivity contribution is 7.98. The summed E-state index contributed by atoms with van der Waals surface area (Å²) in [6.45, 7) is 0. The number of amides is 2. The molecule has 5 nitrogen and oxygen atoms in total. The van der Waals surface area contributed by atoms with Gasteiger partial charge in [0.2, 0.25) is 0 Å². The first-order valence-corrected chi connectivity index (χ1v) is 7.46. The second-order valence-corrected chi connectivity index (χ2v) is 5.26. The summed E-state index contributed by atoms with van der Waals surface area (Å²) in [5.41, 5.74) is -0.107. The van der Waals surface area contributed by atoms with Gasteiger partial charge in [-0.3, -0.25) is 0 Å². The van der Waals surface area contributed by atoms with Gasteiger partial charge in [-0.1, -0.05) is 17.7 Å². The first kappa shape index (κ1) is 16.6. The molecular weight excluding hydrogens is 307 g/mol. The van der Waals surface area contributed by atoms with E-state index in [-0.39, 0.29) is 17.1 Å². The number of anilines is 1. The lowest BCUT2D eigenvalue weighted by Gasteiger charge is -2.15. The number of nitrogens with one attached hydrogen (secondary N) is 2. The maximum absolute atomic E-state index is 13.6. The molecule has 3 N–H and O–H groups in total. The summed E-state index contributed by atoms with van der Waals surface area (Å²) in [4.78, 5) is 22.6. The number of carbonyl (C=O) groups is 2. The number of carbonyl (C=O) groups excluding carboxylic acids is 1. The van der Waals surface area contributed by atoms with E-state index in [2.05, 4.69) is 10.6 Å². The molecule has 1 aromatic rings. The number of benzene rings is 1. The van der Waals surface area contributed by atoms with Crippen molar-refractivity contribution in [3.05, 3.63) is 29.0 Å². The van der Waals surface area contributed by atoms with Gasteiger partial charge in [0.1, 0.15) is 6.04 Å². The highest BCUT2D eigenvalue weighted by atomic mass is 35.5. The SMILES string of the molecule is CSCC[C@H](NC(=O)Nc1cccc(Cl)c1F)C(=O)O. The molecule has 0 aromatic heterocycles. The predicted octanol–water partition coefficient (Wildman–Crippen LogP) is 2.81. The highest BCUT2D eigenvalue weighted by Gasteiger charge is 2.20. The van der Waals surface area contributed by atoms with Crippen molar-refractivity contribution in [3.8, 4) is 0 Å². The zero-order valence-electron chi connectivity index (χ0n) is 10.7. The standard InChI is InChI=1S/C12H14ClFN2O3S/c1-20-6-5-9(11(17)18)16-12(19)15-8-4-2-3-7(13)10(8)14/h2-4,9H,5-6H2,1H3,(H,17,18)(H2,15,16,19)/t9-/m0/s1. The van der Waals surface area contributed by atoms with Gasteiger partial charge in [-0.25, -0.2) is 14.0 Å². The van der Waals surface area contributed by atoms with Crippen LogP contribution in [0.5, 0.6) is 0 Å². The maximum Gasteiger partial charge on any atom is 0.326 e. The Bertz CT molecular complexity index is 502. The monoisotopic (exact) mass is 320 g/mol. The molecular formula is C12H14ClFN2O3S. The molecule has 0 saturated heterocycles. The van der Waals surface area contributed by atoms with Crippen molar-refractivity contribution < 1.29 is 19.1 Å². The minimum atomic E-state index is -1.14. The summed E-state index contributed by atoms with van der Waals surface area (Å²) in [6.07, 6.45) is 2.11. The molecule has 0 aliphatic rings. The van der Waals surface area contributed by atoms with Crippen LogP contribution >= 0.6 is 23.4 Å². The van der Waals surface area contributed by atoms with Gasteiger partial charge in [-0.15, -0.1) is 0 Å². The summed E-state index contributed by atoms with van der Waals surface area (Å²) in [5, 5.41) is 13.3. The molecule has 0 saturated carbocycles. The zero-order valence-corrected chi connectivity index (χ0v) is 12.2. The van der Waals surface area contributed by atoms with Crippen LogP contribution in [0.1, 0.15) is 6.42 Å². The third-order valence-corrected chi connectivity index (χ3v) is 3.35. The van der Waals surface area contributed by atoms with Crippen LogP contribution < -0.4 is 10.6 Å². The van der Waals surface area contributed by atoms with Gasteiger partial charge < -0.3 is 15.7 Å². The predicted molar refractivity (Wildman–Crippen MR) is 78.0 cm³/mol. The van der Waals surface area contributed by atoms with Crippen molar-refractivity contribution in [1.29, 1.82) is 0 Å². The molecule has 0 heterocycles. The van der Waals surface area contributed by atoms with E-state index in [9.17, 15) is 14.0 Å². The van der Waals surface area contributed by atoms with Crippen LogP contribution in [0.25, 0.3) is 0 Å². The van der Waals surface area contributed by atoms with Crippen molar-refractivity contribution in [3.63, 3.8) is 0 Å². The van der Waals surface area contributed by atoms with Crippen LogP contribution in [-0.4, -0.2) is 35.2 Å². The molecule has 8 heteroatoms. The number of hydrogen-bond acceptors (Lipinski definition) is 3. The average Bonchev–Trinajstić information content (AvgIpc) is 2.39. The Morgan fingerprint density at radius 1 is 1.50 bits per heavy atom. The third kappa shape index (κ3) is 4.90. The molecule has 2 amide bonds. The lowest BCUT2D eigenvalue weighted by molar-refractivity contribution is -0.139. The number of carboxylic acid groups (broad SMARTS) is 1. The Morgan fingerprint density at radius 3 is 2.80 bits per heavy atom. The van der Waals surface area contributed by atoms with E-state index < -0.39 is 23.9 Å². The first-order chi connectivity index (χ1) is 9.45. The van der Waals surface area contributed by atoms with Crippen LogP contribution in [0.3, 0.4) is 0 Å². The van der Waals surface area contributed by atoms with Crippen LogP contribution in [0.15, 0.2) is 18.2 Å². The van der Waals surface area contributed by atoms with Crippen LogP contribution in [0.4, 0.5) is 14.9 Å². The molecule has 0 unspecified atom stereocenters. The van der Waals surface area contributed by atoms with Gasteiger partial charge >= 0.3 is 12.0 Å². The molecule has 1 rings (SSSR count).